The van der Waals surface area contributed by atoms with Crippen LogP contribution in [0.15, 0.2) is 58.6 Å². The summed E-state index contributed by atoms with van der Waals surface area (Å²) in [6.07, 6.45) is 1.11. The zero-order chi connectivity index (χ0) is 41.5. The zero-order valence-electron chi connectivity index (χ0n) is 34.9. The van der Waals surface area contributed by atoms with Crippen LogP contribution in [0.1, 0.15) is 83.6 Å². The highest BCUT2D eigenvalue weighted by Crippen LogP contribution is 2.59. The molecule has 1 amide bonds. The van der Waals surface area contributed by atoms with Crippen molar-refractivity contribution < 1.29 is 37.9 Å². The Hall–Kier alpha value is -4.82. The maximum Gasteiger partial charge on any atom is 0.412 e. The smallest absolute Gasteiger partial charge is 0.412 e. The van der Waals surface area contributed by atoms with Crippen LogP contribution in [0, 0.1) is 18.8 Å². The number of carbonyl (C=O) groups is 3. The van der Waals surface area contributed by atoms with E-state index in [0.29, 0.717) is 29.1 Å². The van der Waals surface area contributed by atoms with Crippen LogP contribution >= 0.6 is 0 Å². The molecule has 58 heavy (non-hydrogen) atoms. The molecule has 8 rings (SSSR count). The number of amides is 1. The topological polar surface area (TPSA) is 144 Å². The fraction of sp³-hybridized carbons (Fsp3) is 0.467. The molecular formula is C45H54N4O8Si. The molecule has 3 aromatic carbocycles. The van der Waals surface area contributed by atoms with Crippen molar-refractivity contribution in [3.05, 3.63) is 93.2 Å². The molecule has 1 aromatic heterocycles. The standard InChI is InChI=1S/C45H54N4O8Si/c1-25-30-20-27(23-49-18-13-19-49)16-17-29(30)38(55-43(53)46-5)31-21-28-22-32-36(48(6)7)39-35(42(47-56-39)54-24-26-14-11-10-12-15-26)41(52)45(32,57-58(8,9)44(2,3)4)40(51)34(28)37(50)33(25)31/h10-12,14-17,20,28,32,36,50H,13,18-19,21-24H2,1-9H3,(H,46,53)/t28-,32-,36-,45-/m0/s1. The van der Waals surface area contributed by atoms with E-state index < -0.39 is 49.5 Å². The number of fused-ring (bicyclic) bond motifs is 5. The van der Waals surface area contributed by atoms with Crippen molar-refractivity contribution in [3.8, 4) is 11.6 Å². The van der Waals surface area contributed by atoms with Crippen LogP contribution in [-0.4, -0.2) is 85.9 Å². The largest absolute Gasteiger partial charge is 0.507 e. The van der Waals surface area contributed by atoms with Crippen LogP contribution in [-0.2, 0) is 28.8 Å². The van der Waals surface area contributed by atoms with E-state index >= 15 is 9.59 Å². The van der Waals surface area contributed by atoms with Crippen molar-refractivity contribution in [3.63, 3.8) is 0 Å². The fourth-order valence-electron chi connectivity index (χ4n) is 9.25. The number of aromatic nitrogens is 1. The Bertz CT molecular complexity index is 2360. The maximum atomic E-state index is 15.9. The van der Waals surface area contributed by atoms with Crippen LogP contribution in [0.4, 0.5) is 4.79 Å². The van der Waals surface area contributed by atoms with Gasteiger partial charge in [0, 0.05) is 41.6 Å². The van der Waals surface area contributed by atoms with Gasteiger partial charge in [-0.05, 0) is 111 Å². The van der Waals surface area contributed by atoms with Crippen molar-refractivity contribution in [2.24, 2.45) is 11.8 Å². The lowest BCUT2D eigenvalue weighted by Gasteiger charge is -2.55. The van der Waals surface area contributed by atoms with Crippen molar-refractivity contribution in [2.75, 3.05) is 34.2 Å². The monoisotopic (exact) mass is 806 g/mol. The second-order valence-electron chi connectivity index (χ2n) is 18.1. The quantitative estimate of drug-likeness (QED) is 0.126. The number of aliphatic hydroxyl groups excluding tert-OH is 1. The summed E-state index contributed by atoms with van der Waals surface area (Å²) in [6.45, 7) is 15.2. The summed E-state index contributed by atoms with van der Waals surface area (Å²) in [4.78, 5) is 48.7. The van der Waals surface area contributed by atoms with Crippen LogP contribution in [0.5, 0.6) is 11.6 Å². The molecule has 1 saturated heterocycles. The summed E-state index contributed by atoms with van der Waals surface area (Å²) >= 11 is 0. The van der Waals surface area contributed by atoms with Crippen LogP contribution in [0.2, 0.25) is 18.1 Å². The van der Waals surface area contributed by atoms with E-state index in [1.54, 1.807) is 0 Å². The van der Waals surface area contributed by atoms with Crippen LogP contribution < -0.4 is 14.8 Å². The summed E-state index contributed by atoms with van der Waals surface area (Å²) in [5.41, 5.74) is 2.04. The van der Waals surface area contributed by atoms with E-state index in [0.717, 1.165) is 47.1 Å². The van der Waals surface area contributed by atoms with Crippen molar-refractivity contribution in [1.29, 1.82) is 0 Å². The first-order valence-corrected chi connectivity index (χ1v) is 23.1. The van der Waals surface area contributed by atoms with E-state index in [2.05, 4.69) is 48.3 Å². The first-order valence-electron chi connectivity index (χ1n) is 20.2. The van der Waals surface area contributed by atoms with Gasteiger partial charge in [0.1, 0.15) is 23.7 Å². The van der Waals surface area contributed by atoms with E-state index in [1.165, 1.54) is 13.5 Å². The number of rotatable bonds is 9. The number of hydrogen-bond acceptors (Lipinski definition) is 11. The highest BCUT2D eigenvalue weighted by Gasteiger charge is 2.69. The minimum Gasteiger partial charge on any atom is -0.507 e. The molecule has 0 radical (unpaired) electrons. The third-order valence-corrected chi connectivity index (χ3v) is 17.8. The van der Waals surface area contributed by atoms with Crippen molar-refractivity contribution in [2.45, 2.75) is 89.9 Å². The van der Waals surface area contributed by atoms with Gasteiger partial charge in [0.15, 0.2) is 19.7 Å². The average Bonchev–Trinajstić information content (AvgIpc) is 3.58. The Morgan fingerprint density at radius 3 is 2.41 bits per heavy atom. The second kappa shape index (κ2) is 14.5. The predicted octanol–water partition coefficient (Wildman–Crippen LogP) is 7.93. The van der Waals surface area contributed by atoms with E-state index in [9.17, 15) is 9.90 Å². The van der Waals surface area contributed by atoms with E-state index in [-0.39, 0.29) is 40.8 Å². The Balaban J connectivity index is 1.33. The van der Waals surface area contributed by atoms with Gasteiger partial charge in [-0.2, -0.15) is 0 Å². The molecule has 4 atom stereocenters. The molecule has 2 N–H and O–H groups in total. The number of likely N-dealkylation sites (tertiary alicyclic amines) is 1. The molecule has 4 aliphatic rings. The lowest BCUT2D eigenvalue weighted by Crippen LogP contribution is -2.68. The number of aliphatic hydroxyl groups is 1. The van der Waals surface area contributed by atoms with Gasteiger partial charge in [0.25, 0.3) is 5.88 Å². The number of aryl methyl sites for hydroxylation is 1. The molecule has 0 unspecified atom stereocenters. The van der Waals surface area contributed by atoms with Gasteiger partial charge in [-0.3, -0.25) is 19.4 Å². The molecule has 1 saturated carbocycles. The Labute approximate surface area is 340 Å². The minimum atomic E-state index is -2.92. The second-order valence-corrected chi connectivity index (χ2v) is 22.9. The van der Waals surface area contributed by atoms with Gasteiger partial charge < -0.3 is 28.8 Å². The highest BCUT2D eigenvalue weighted by molar-refractivity contribution is 6.74. The van der Waals surface area contributed by atoms with E-state index in [4.69, 9.17) is 18.4 Å². The van der Waals surface area contributed by atoms with Gasteiger partial charge in [-0.15, -0.1) is 0 Å². The number of Topliss-reactive ketones (excluding diaryl/α,β-unsaturated/α-hetero) is 2. The lowest BCUT2D eigenvalue weighted by molar-refractivity contribution is -0.140. The first-order chi connectivity index (χ1) is 27.5. The summed E-state index contributed by atoms with van der Waals surface area (Å²) in [6, 6.07) is 15.1. The molecule has 4 aromatic rings. The van der Waals surface area contributed by atoms with Gasteiger partial charge in [-0.1, -0.05) is 63.2 Å². The molecule has 0 bridgehead atoms. The van der Waals surface area contributed by atoms with Gasteiger partial charge in [-0.25, -0.2) is 4.79 Å². The number of nitrogens with one attached hydrogen (secondary N) is 1. The zero-order valence-corrected chi connectivity index (χ0v) is 35.9. The fourth-order valence-corrected chi connectivity index (χ4v) is 10.7. The summed E-state index contributed by atoms with van der Waals surface area (Å²) in [5.74, 6) is -1.93. The van der Waals surface area contributed by atoms with Crippen molar-refractivity contribution in [1.82, 2.24) is 20.3 Å². The number of hydrogen-bond donors (Lipinski definition) is 2. The summed E-state index contributed by atoms with van der Waals surface area (Å²) in [7, 11) is 2.36. The molecule has 1 aliphatic heterocycles. The molecule has 13 heteroatoms. The Morgan fingerprint density at radius 2 is 1.78 bits per heavy atom. The summed E-state index contributed by atoms with van der Waals surface area (Å²) in [5, 5.41) is 20.7. The molecule has 3 aliphatic carbocycles. The molecule has 2 fully saturated rings. The molecule has 2 heterocycles. The number of benzene rings is 3. The van der Waals surface area contributed by atoms with Crippen molar-refractivity contribution >= 4 is 42.5 Å². The Morgan fingerprint density at radius 1 is 1.05 bits per heavy atom. The number of carbonyl (C=O) groups excluding carboxylic acids is 3. The maximum absolute atomic E-state index is 15.9. The number of nitrogens with zero attached hydrogens (tertiary/aromatic N) is 3. The highest BCUT2D eigenvalue weighted by atomic mass is 28.4. The minimum absolute atomic E-state index is 0.00168. The van der Waals surface area contributed by atoms with E-state index in [1.807, 2.05) is 75.4 Å². The van der Waals surface area contributed by atoms with Gasteiger partial charge >= 0.3 is 6.09 Å². The SMILES string of the molecule is CNC(=O)Oc1c2c(c(C)c3cc(CN4CCC4)ccc13)C(O)=C1C(=O)[C@]3(O[Si](C)(C)C(C)(C)C)C(=O)c4c(OCc5ccccc5)noc4[C@@H](N(C)C)[C@@H]3C[C@@H]1C2. The van der Waals surface area contributed by atoms with Crippen LogP contribution in [0.3, 0.4) is 0 Å². The average molecular weight is 807 g/mol. The molecule has 0 spiro atoms. The number of ketones is 2. The molecule has 12 nitrogen and oxygen atoms in total. The number of ether oxygens (including phenoxy) is 2. The third-order valence-electron chi connectivity index (χ3n) is 13.3. The third kappa shape index (κ3) is 6.29. The summed E-state index contributed by atoms with van der Waals surface area (Å²) < 4.78 is 25.6. The molecular weight excluding hydrogens is 753 g/mol. The first kappa shape index (κ1) is 40.0. The normalized spacial score (nSPS) is 23.2. The predicted molar refractivity (Wildman–Crippen MR) is 223 cm³/mol. The van der Waals surface area contributed by atoms with Gasteiger partial charge in [0.05, 0.1) is 6.04 Å². The Kier molecular flexibility index (Phi) is 9.97. The van der Waals surface area contributed by atoms with Gasteiger partial charge in [0.2, 0.25) is 11.6 Å². The van der Waals surface area contributed by atoms with Crippen LogP contribution in [0.25, 0.3) is 16.5 Å². The molecule has 306 valence electrons. The lowest BCUT2D eigenvalue weighted by atomic mass is 9.57.